The van der Waals surface area contributed by atoms with Crippen LogP contribution in [0.25, 0.3) is 22.2 Å². The summed E-state index contributed by atoms with van der Waals surface area (Å²) in [4.78, 5) is 7.67. The first-order valence-electron chi connectivity index (χ1n) is 10.3. The van der Waals surface area contributed by atoms with Crippen molar-refractivity contribution in [2.75, 3.05) is 26.0 Å². The van der Waals surface area contributed by atoms with Crippen LogP contribution in [0.3, 0.4) is 0 Å². The number of nitrogens with zero attached hydrogens (tertiary/aromatic N) is 1. The second-order valence-corrected chi connectivity index (χ2v) is 9.69. The average Bonchev–Trinajstić information content (AvgIpc) is 3.18. The molecule has 2 aromatic heterocycles. The zero-order valence-electron chi connectivity index (χ0n) is 17.1. The van der Waals surface area contributed by atoms with Crippen LogP contribution in [0.4, 0.5) is 0 Å². The van der Waals surface area contributed by atoms with Gasteiger partial charge in [-0.15, -0.1) is 0 Å². The van der Waals surface area contributed by atoms with Gasteiger partial charge in [0.1, 0.15) is 11.4 Å². The molecule has 4 rings (SSSR count). The molecule has 0 atom stereocenters. The SMILES string of the molecule is CS(=O)(=O)NCc1ccc(-c2c[nH]c3nccc(OCCC4CCNCC4)c23)cc1. The van der Waals surface area contributed by atoms with Crippen molar-refractivity contribution in [3.05, 3.63) is 48.3 Å². The van der Waals surface area contributed by atoms with Crippen LogP contribution < -0.4 is 14.8 Å². The number of aromatic nitrogens is 2. The van der Waals surface area contributed by atoms with Crippen LogP contribution in [0.1, 0.15) is 24.8 Å². The first-order valence-corrected chi connectivity index (χ1v) is 12.2. The Hall–Kier alpha value is -2.42. The van der Waals surface area contributed by atoms with E-state index in [0.717, 1.165) is 65.2 Å². The number of benzene rings is 1. The number of hydrogen-bond acceptors (Lipinski definition) is 5. The molecule has 3 heterocycles. The van der Waals surface area contributed by atoms with Gasteiger partial charge in [-0.25, -0.2) is 18.1 Å². The standard InChI is InChI=1S/C22H28N4O3S/c1-30(27,28)26-14-17-2-4-18(5-3-17)19-15-25-22-21(19)20(8-12-24-22)29-13-9-16-6-10-23-11-7-16/h2-5,8,12,15-16,23,26H,6-7,9-11,13-14H2,1H3,(H,24,25). The van der Waals surface area contributed by atoms with Crippen LogP contribution in [-0.2, 0) is 16.6 Å². The van der Waals surface area contributed by atoms with Crippen molar-refractivity contribution in [1.29, 1.82) is 0 Å². The topological polar surface area (TPSA) is 96.1 Å². The highest BCUT2D eigenvalue weighted by Crippen LogP contribution is 2.34. The van der Waals surface area contributed by atoms with Crippen molar-refractivity contribution >= 4 is 21.1 Å². The molecule has 0 unspecified atom stereocenters. The fourth-order valence-electron chi connectivity index (χ4n) is 3.90. The Morgan fingerprint density at radius 1 is 1.17 bits per heavy atom. The highest BCUT2D eigenvalue weighted by Gasteiger charge is 2.15. The minimum absolute atomic E-state index is 0.277. The van der Waals surface area contributed by atoms with Gasteiger partial charge in [0.2, 0.25) is 10.0 Å². The summed E-state index contributed by atoms with van der Waals surface area (Å²) in [5, 5.41) is 4.38. The largest absolute Gasteiger partial charge is 0.493 e. The first-order chi connectivity index (χ1) is 14.5. The van der Waals surface area contributed by atoms with Crippen LogP contribution in [-0.4, -0.2) is 44.3 Å². The fourth-order valence-corrected chi connectivity index (χ4v) is 4.33. The maximum atomic E-state index is 11.3. The van der Waals surface area contributed by atoms with Crippen LogP contribution in [0.15, 0.2) is 42.7 Å². The summed E-state index contributed by atoms with van der Waals surface area (Å²) < 4.78 is 31.3. The third-order valence-electron chi connectivity index (χ3n) is 5.58. The van der Waals surface area contributed by atoms with Crippen LogP contribution >= 0.6 is 0 Å². The first kappa shape index (κ1) is 20.8. The van der Waals surface area contributed by atoms with Crippen LogP contribution in [0.2, 0.25) is 0 Å². The second kappa shape index (κ2) is 9.16. The Balaban J connectivity index is 1.50. The Bertz CT molecular complexity index is 1090. The molecule has 0 bridgehead atoms. The van der Waals surface area contributed by atoms with Crippen LogP contribution in [0, 0.1) is 5.92 Å². The molecule has 1 aromatic carbocycles. The van der Waals surface area contributed by atoms with Crippen molar-refractivity contribution in [1.82, 2.24) is 20.0 Å². The monoisotopic (exact) mass is 428 g/mol. The smallest absolute Gasteiger partial charge is 0.209 e. The number of sulfonamides is 1. The number of aromatic amines is 1. The number of H-pyrrole nitrogens is 1. The van der Waals surface area contributed by atoms with E-state index in [-0.39, 0.29) is 6.54 Å². The molecule has 8 heteroatoms. The van der Waals surface area contributed by atoms with E-state index in [1.165, 1.54) is 12.8 Å². The molecule has 7 nitrogen and oxygen atoms in total. The summed E-state index contributed by atoms with van der Waals surface area (Å²) in [6.07, 6.45) is 8.36. The van der Waals surface area contributed by atoms with Crippen molar-refractivity contribution in [2.45, 2.75) is 25.8 Å². The number of piperidine rings is 1. The summed E-state index contributed by atoms with van der Waals surface area (Å²) in [5.74, 6) is 1.57. The summed E-state index contributed by atoms with van der Waals surface area (Å²) in [6.45, 7) is 3.17. The molecule has 3 N–H and O–H groups in total. The van der Waals surface area contributed by atoms with Gasteiger partial charge >= 0.3 is 0 Å². The van der Waals surface area contributed by atoms with E-state index in [4.69, 9.17) is 4.74 Å². The number of nitrogens with one attached hydrogen (secondary N) is 3. The number of hydrogen-bond donors (Lipinski definition) is 3. The predicted molar refractivity (Wildman–Crippen MR) is 119 cm³/mol. The Kier molecular flexibility index (Phi) is 6.36. The molecule has 1 saturated heterocycles. The summed E-state index contributed by atoms with van der Waals surface area (Å²) in [6, 6.07) is 9.77. The minimum atomic E-state index is -3.21. The molecule has 1 aliphatic rings. The number of ether oxygens (including phenoxy) is 1. The molecule has 0 saturated carbocycles. The third-order valence-corrected chi connectivity index (χ3v) is 6.25. The molecular weight excluding hydrogens is 400 g/mol. The number of fused-ring (bicyclic) bond motifs is 1. The lowest BCUT2D eigenvalue weighted by Gasteiger charge is -2.22. The van der Waals surface area contributed by atoms with Crippen molar-refractivity contribution in [3.63, 3.8) is 0 Å². The van der Waals surface area contributed by atoms with Gasteiger partial charge < -0.3 is 15.0 Å². The Morgan fingerprint density at radius 3 is 2.67 bits per heavy atom. The Labute approximate surface area is 177 Å². The van der Waals surface area contributed by atoms with Gasteiger partial charge in [-0.3, -0.25) is 0 Å². The van der Waals surface area contributed by atoms with E-state index < -0.39 is 10.0 Å². The van der Waals surface area contributed by atoms with E-state index in [2.05, 4.69) is 20.0 Å². The van der Waals surface area contributed by atoms with E-state index in [1.807, 2.05) is 36.5 Å². The molecule has 160 valence electrons. The lowest BCUT2D eigenvalue weighted by atomic mass is 9.95. The minimum Gasteiger partial charge on any atom is -0.493 e. The molecule has 3 aromatic rings. The van der Waals surface area contributed by atoms with Gasteiger partial charge in [0.15, 0.2) is 0 Å². The van der Waals surface area contributed by atoms with Crippen LogP contribution in [0.5, 0.6) is 5.75 Å². The van der Waals surface area contributed by atoms with E-state index in [1.54, 1.807) is 6.20 Å². The van der Waals surface area contributed by atoms with Gasteiger partial charge in [-0.2, -0.15) is 0 Å². The quantitative estimate of drug-likeness (QED) is 0.512. The van der Waals surface area contributed by atoms with Crippen molar-refractivity contribution in [2.24, 2.45) is 5.92 Å². The fraction of sp³-hybridized carbons (Fsp3) is 0.409. The van der Waals surface area contributed by atoms with Crippen molar-refractivity contribution in [3.8, 4) is 16.9 Å². The lowest BCUT2D eigenvalue weighted by Crippen LogP contribution is -2.28. The predicted octanol–water partition coefficient (Wildman–Crippen LogP) is 3.05. The molecule has 0 amide bonds. The maximum absolute atomic E-state index is 11.3. The van der Waals surface area contributed by atoms with E-state index >= 15 is 0 Å². The molecule has 0 spiro atoms. The summed E-state index contributed by atoms with van der Waals surface area (Å²) in [5.41, 5.74) is 3.76. The molecule has 30 heavy (non-hydrogen) atoms. The van der Waals surface area contributed by atoms with Crippen molar-refractivity contribution < 1.29 is 13.2 Å². The summed E-state index contributed by atoms with van der Waals surface area (Å²) in [7, 11) is -3.21. The van der Waals surface area contributed by atoms with Gasteiger partial charge in [0, 0.05) is 24.5 Å². The molecule has 0 aliphatic carbocycles. The van der Waals surface area contributed by atoms with Gasteiger partial charge in [-0.05, 0) is 55.5 Å². The number of pyridine rings is 1. The van der Waals surface area contributed by atoms with Gasteiger partial charge in [-0.1, -0.05) is 24.3 Å². The van der Waals surface area contributed by atoms with Gasteiger partial charge in [0.05, 0.1) is 18.2 Å². The van der Waals surface area contributed by atoms with E-state index in [0.29, 0.717) is 6.61 Å². The highest BCUT2D eigenvalue weighted by atomic mass is 32.2. The normalized spacial score (nSPS) is 15.5. The van der Waals surface area contributed by atoms with Gasteiger partial charge in [0.25, 0.3) is 0 Å². The second-order valence-electron chi connectivity index (χ2n) is 7.86. The zero-order chi connectivity index (χ0) is 21.0. The molecule has 0 radical (unpaired) electrons. The third kappa shape index (κ3) is 5.19. The molecular formula is C22H28N4O3S. The maximum Gasteiger partial charge on any atom is 0.209 e. The number of rotatable bonds is 8. The average molecular weight is 429 g/mol. The summed E-state index contributed by atoms with van der Waals surface area (Å²) >= 11 is 0. The highest BCUT2D eigenvalue weighted by molar-refractivity contribution is 7.88. The lowest BCUT2D eigenvalue weighted by molar-refractivity contribution is 0.254. The Morgan fingerprint density at radius 2 is 1.93 bits per heavy atom. The molecule has 1 aliphatic heterocycles. The zero-order valence-corrected chi connectivity index (χ0v) is 18.0. The van der Waals surface area contributed by atoms with E-state index in [9.17, 15) is 8.42 Å². The molecule has 1 fully saturated rings.